The van der Waals surface area contributed by atoms with Crippen molar-refractivity contribution in [2.24, 2.45) is 0 Å². The van der Waals surface area contributed by atoms with Gasteiger partial charge in [-0.3, -0.25) is 9.59 Å². The van der Waals surface area contributed by atoms with Gasteiger partial charge in [-0.1, -0.05) is 18.2 Å². The van der Waals surface area contributed by atoms with E-state index in [-0.39, 0.29) is 11.8 Å². The molecule has 0 bridgehead atoms. The van der Waals surface area contributed by atoms with Gasteiger partial charge >= 0.3 is 0 Å². The molecule has 27 heavy (non-hydrogen) atoms. The molecule has 0 aliphatic carbocycles. The summed E-state index contributed by atoms with van der Waals surface area (Å²) in [6.07, 6.45) is 0. The van der Waals surface area contributed by atoms with E-state index in [1.807, 2.05) is 5.38 Å². The smallest absolute Gasteiger partial charge is 0.265 e. The number of ether oxygens (including phenoxy) is 2. The SMILES string of the molecule is COc1ccc(NC(=O)c2ccccc2NC(=O)c2cccs2)cc1OC. The molecule has 0 atom stereocenters. The van der Waals surface area contributed by atoms with E-state index in [4.69, 9.17) is 9.47 Å². The molecule has 0 aliphatic heterocycles. The molecule has 0 radical (unpaired) electrons. The fraction of sp³-hybridized carbons (Fsp3) is 0.100. The van der Waals surface area contributed by atoms with Crippen LogP contribution in [0, 0.1) is 0 Å². The van der Waals surface area contributed by atoms with Gasteiger partial charge < -0.3 is 20.1 Å². The first kappa shape index (κ1) is 18.5. The van der Waals surface area contributed by atoms with Crippen molar-refractivity contribution in [1.29, 1.82) is 0 Å². The average Bonchev–Trinajstić information content (AvgIpc) is 3.23. The molecule has 2 N–H and O–H groups in total. The van der Waals surface area contributed by atoms with E-state index in [0.717, 1.165) is 0 Å². The van der Waals surface area contributed by atoms with Gasteiger partial charge in [0.2, 0.25) is 0 Å². The minimum Gasteiger partial charge on any atom is -0.493 e. The summed E-state index contributed by atoms with van der Waals surface area (Å²) in [5, 5.41) is 7.42. The predicted molar refractivity (Wildman–Crippen MR) is 106 cm³/mol. The van der Waals surface area contributed by atoms with Crippen LogP contribution in [0.5, 0.6) is 11.5 Å². The lowest BCUT2D eigenvalue weighted by atomic mass is 10.1. The fourth-order valence-electron chi connectivity index (χ4n) is 2.49. The van der Waals surface area contributed by atoms with Gasteiger partial charge in [-0.15, -0.1) is 11.3 Å². The van der Waals surface area contributed by atoms with E-state index in [2.05, 4.69) is 10.6 Å². The molecular formula is C20H18N2O4S. The molecule has 1 heterocycles. The summed E-state index contributed by atoms with van der Waals surface area (Å²) in [5.74, 6) is 0.481. The molecule has 3 rings (SSSR count). The number of para-hydroxylation sites is 1. The second-order valence-electron chi connectivity index (χ2n) is 5.50. The van der Waals surface area contributed by atoms with Gasteiger partial charge in [0.05, 0.1) is 30.3 Å². The Hall–Kier alpha value is -3.32. The summed E-state index contributed by atoms with van der Waals surface area (Å²) in [5.41, 5.74) is 1.35. The molecule has 2 aromatic carbocycles. The van der Waals surface area contributed by atoms with Crippen LogP contribution in [0.3, 0.4) is 0 Å². The number of thiophene rings is 1. The molecule has 138 valence electrons. The highest BCUT2D eigenvalue weighted by atomic mass is 32.1. The number of hydrogen-bond donors (Lipinski definition) is 2. The van der Waals surface area contributed by atoms with Crippen LogP contribution in [0.15, 0.2) is 60.0 Å². The molecule has 3 aromatic rings. The Kier molecular flexibility index (Phi) is 5.73. The molecule has 1 aromatic heterocycles. The van der Waals surface area contributed by atoms with Crippen LogP contribution in [0.25, 0.3) is 0 Å². The second kappa shape index (κ2) is 8.37. The number of anilines is 2. The van der Waals surface area contributed by atoms with Crippen LogP contribution in [-0.4, -0.2) is 26.0 Å². The zero-order valence-corrected chi connectivity index (χ0v) is 15.6. The van der Waals surface area contributed by atoms with Crippen molar-refractivity contribution in [1.82, 2.24) is 0 Å². The largest absolute Gasteiger partial charge is 0.493 e. The first-order valence-corrected chi connectivity index (χ1v) is 8.97. The van der Waals surface area contributed by atoms with Gasteiger partial charge in [0.15, 0.2) is 11.5 Å². The van der Waals surface area contributed by atoms with Crippen molar-refractivity contribution in [3.63, 3.8) is 0 Å². The van der Waals surface area contributed by atoms with Gasteiger partial charge in [-0.25, -0.2) is 0 Å². The van der Waals surface area contributed by atoms with Crippen molar-refractivity contribution in [3.05, 3.63) is 70.4 Å². The summed E-state index contributed by atoms with van der Waals surface area (Å²) in [7, 11) is 3.07. The standard InChI is InChI=1S/C20H18N2O4S/c1-25-16-10-9-13(12-17(16)26-2)21-19(23)14-6-3-4-7-15(14)22-20(24)18-8-5-11-27-18/h3-12H,1-2H3,(H,21,23)(H,22,24). The molecule has 2 amide bonds. The Morgan fingerprint density at radius 1 is 0.852 bits per heavy atom. The molecule has 7 heteroatoms. The highest BCUT2D eigenvalue weighted by Crippen LogP contribution is 2.30. The number of hydrogen-bond acceptors (Lipinski definition) is 5. The molecule has 0 unspecified atom stereocenters. The third-order valence-electron chi connectivity index (χ3n) is 3.81. The third-order valence-corrected chi connectivity index (χ3v) is 4.67. The topological polar surface area (TPSA) is 76.7 Å². The summed E-state index contributed by atoms with van der Waals surface area (Å²) in [4.78, 5) is 25.6. The first-order chi connectivity index (χ1) is 13.1. The average molecular weight is 382 g/mol. The van der Waals surface area contributed by atoms with Crippen molar-refractivity contribution in [3.8, 4) is 11.5 Å². The van der Waals surface area contributed by atoms with Gasteiger partial charge in [0.1, 0.15) is 0 Å². The molecule has 0 spiro atoms. The lowest BCUT2D eigenvalue weighted by Crippen LogP contribution is -2.17. The van der Waals surface area contributed by atoms with Crippen molar-refractivity contribution >= 4 is 34.5 Å². The van der Waals surface area contributed by atoms with Crippen LogP contribution < -0.4 is 20.1 Å². The zero-order chi connectivity index (χ0) is 19.2. The van der Waals surface area contributed by atoms with E-state index < -0.39 is 0 Å². The Morgan fingerprint density at radius 2 is 1.63 bits per heavy atom. The maximum atomic E-state index is 12.7. The van der Waals surface area contributed by atoms with E-state index in [1.54, 1.807) is 61.7 Å². The number of rotatable bonds is 6. The Morgan fingerprint density at radius 3 is 2.33 bits per heavy atom. The minimum absolute atomic E-state index is 0.253. The Labute approximate surface area is 160 Å². The van der Waals surface area contributed by atoms with Gasteiger partial charge in [0, 0.05) is 11.8 Å². The zero-order valence-electron chi connectivity index (χ0n) is 14.8. The number of benzene rings is 2. The lowest BCUT2D eigenvalue weighted by Gasteiger charge is -2.13. The number of nitrogens with one attached hydrogen (secondary N) is 2. The van der Waals surface area contributed by atoms with E-state index in [1.165, 1.54) is 18.4 Å². The molecule has 0 fully saturated rings. The van der Waals surface area contributed by atoms with Crippen LogP contribution in [0.4, 0.5) is 11.4 Å². The van der Waals surface area contributed by atoms with E-state index in [9.17, 15) is 9.59 Å². The normalized spacial score (nSPS) is 10.1. The maximum Gasteiger partial charge on any atom is 0.265 e. The number of methoxy groups -OCH3 is 2. The van der Waals surface area contributed by atoms with Crippen molar-refractivity contribution in [2.75, 3.05) is 24.9 Å². The van der Waals surface area contributed by atoms with Crippen LogP contribution in [0.1, 0.15) is 20.0 Å². The Bertz CT molecular complexity index is 954. The summed E-state index contributed by atoms with van der Waals surface area (Å²) < 4.78 is 10.4. The summed E-state index contributed by atoms with van der Waals surface area (Å²) in [6, 6.07) is 15.5. The summed E-state index contributed by atoms with van der Waals surface area (Å²) in [6.45, 7) is 0. The lowest BCUT2D eigenvalue weighted by molar-refractivity contribution is 0.102. The van der Waals surface area contributed by atoms with Gasteiger partial charge in [-0.05, 0) is 35.7 Å². The number of amides is 2. The molecule has 0 aliphatic rings. The van der Waals surface area contributed by atoms with Crippen LogP contribution in [0.2, 0.25) is 0 Å². The monoisotopic (exact) mass is 382 g/mol. The Balaban J connectivity index is 1.80. The van der Waals surface area contributed by atoms with Gasteiger partial charge in [-0.2, -0.15) is 0 Å². The minimum atomic E-state index is -0.343. The highest BCUT2D eigenvalue weighted by Gasteiger charge is 2.15. The quantitative estimate of drug-likeness (QED) is 0.667. The molecular weight excluding hydrogens is 364 g/mol. The third kappa shape index (κ3) is 4.27. The van der Waals surface area contributed by atoms with Crippen molar-refractivity contribution in [2.45, 2.75) is 0 Å². The predicted octanol–water partition coefficient (Wildman–Crippen LogP) is 4.27. The molecule has 0 saturated heterocycles. The molecule has 0 saturated carbocycles. The second-order valence-corrected chi connectivity index (χ2v) is 6.45. The first-order valence-electron chi connectivity index (χ1n) is 8.09. The van der Waals surface area contributed by atoms with Gasteiger partial charge in [0.25, 0.3) is 11.8 Å². The number of carbonyl (C=O) groups is 2. The number of carbonyl (C=O) groups excluding carboxylic acids is 2. The van der Waals surface area contributed by atoms with E-state index >= 15 is 0 Å². The van der Waals surface area contributed by atoms with Crippen LogP contribution >= 0.6 is 11.3 Å². The molecule has 6 nitrogen and oxygen atoms in total. The van der Waals surface area contributed by atoms with Crippen LogP contribution in [-0.2, 0) is 0 Å². The fourth-order valence-corrected chi connectivity index (χ4v) is 3.11. The van der Waals surface area contributed by atoms with E-state index in [0.29, 0.717) is 33.3 Å². The highest BCUT2D eigenvalue weighted by molar-refractivity contribution is 7.12. The van der Waals surface area contributed by atoms with Crippen molar-refractivity contribution < 1.29 is 19.1 Å². The maximum absolute atomic E-state index is 12.7. The summed E-state index contributed by atoms with van der Waals surface area (Å²) >= 11 is 1.34.